The standard InChI is InChI=1S/C21H21F3N4O/c1-28-7-6-15-20(25-11-26-21(15)28)27-14-4-2-12(3-5-14)8-18(29)13-9-16(22)19(24)17(23)10-13/h6-7,9-12,14H,2-5,8H2,1H3,(H,25,26,27). The van der Waals surface area contributed by atoms with Gasteiger partial charge in [0.05, 0.1) is 5.39 Å². The molecule has 5 nitrogen and oxygen atoms in total. The van der Waals surface area contributed by atoms with Gasteiger partial charge in [-0.3, -0.25) is 4.79 Å². The van der Waals surface area contributed by atoms with Crippen LogP contribution in [0.2, 0.25) is 0 Å². The van der Waals surface area contributed by atoms with Crippen molar-refractivity contribution in [2.75, 3.05) is 5.32 Å². The van der Waals surface area contributed by atoms with Crippen molar-refractivity contribution in [3.8, 4) is 0 Å². The van der Waals surface area contributed by atoms with Gasteiger partial charge in [-0.2, -0.15) is 0 Å². The first-order valence-electron chi connectivity index (χ1n) is 9.62. The van der Waals surface area contributed by atoms with Gasteiger partial charge >= 0.3 is 0 Å². The molecule has 0 amide bonds. The minimum Gasteiger partial charge on any atom is -0.367 e. The highest BCUT2D eigenvalue weighted by molar-refractivity contribution is 5.96. The highest BCUT2D eigenvalue weighted by atomic mass is 19.2. The quantitative estimate of drug-likeness (QED) is 0.499. The van der Waals surface area contributed by atoms with Gasteiger partial charge in [0, 0.05) is 31.3 Å². The number of carbonyl (C=O) groups excluding carboxylic acids is 1. The van der Waals surface area contributed by atoms with E-state index in [9.17, 15) is 18.0 Å². The lowest BCUT2D eigenvalue weighted by molar-refractivity contribution is 0.0947. The van der Waals surface area contributed by atoms with Gasteiger partial charge in [-0.15, -0.1) is 0 Å². The molecular weight excluding hydrogens is 381 g/mol. The van der Waals surface area contributed by atoms with Crippen molar-refractivity contribution < 1.29 is 18.0 Å². The minimum absolute atomic E-state index is 0.117. The second-order valence-electron chi connectivity index (χ2n) is 7.63. The Bertz CT molecular complexity index is 1030. The van der Waals surface area contributed by atoms with Gasteiger partial charge in [-0.25, -0.2) is 23.1 Å². The molecular formula is C21H21F3N4O. The van der Waals surface area contributed by atoms with E-state index in [1.807, 2.05) is 23.9 Å². The third-order valence-electron chi connectivity index (χ3n) is 5.63. The number of nitrogens with zero attached hydrogens (tertiary/aromatic N) is 3. The summed E-state index contributed by atoms with van der Waals surface area (Å²) in [6, 6.07) is 3.76. The summed E-state index contributed by atoms with van der Waals surface area (Å²) in [7, 11) is 1.93. The van der Waals surface area contributed by atoms with Crippen LogP contribution in [0.1, 0.15) is 42.5 Å². The Labute approximate surface area is 166 Å². The molecule has 2 aromatic heterocycles. The van der Waals surface area contributed by atoms with E-state index in [4.69, 9.17) is 0 Å². The molecule has 0 bridgehead atoms. The summed E-state index contributed by atoms with van der Waals surface area (Å²) in [5.41, 5.74) is 0.745. The van der Waals surface area contributed by atoms with Crippen molar-refractivity contribution in [3.05, 3.63) is 53.7 Å². The second-order valence-corrected chi connectivity index (χ2v) is 7.63. The fraction of sp³-hybridized carbons (Fsp3) is 0.381. The van der Waals surface area contributed by atoms with Crippen LogP contribution in [0.25, 0.3) is 11.0 Å². The van der Waals surface area contributed by atoms with Crippen molar-refractivity contribution in [3.63, 3.8) is 0 Å². The molecule has 1 fully saturated rings. The van der Waals surface area contributed by atoms with E-state index in [-0.39, 0.29) is 29.7 Å². The van der Waals surface area contributed by atoms with E-state index in [1.165, 1.54) is 6.33 Å². The molecule has 1 aliphatic carbocycles. The Hall–Kier alpha value is -2.90. The lowest BCUT2D eigenvalue weighted by Crippen LogP contribution is -2.27. The van der Waals surface area contributed by atoms with Gasteiger partial charge in [-0.05, 0) is 49.8 Å². The third-order valence-corrected chi connectivity index (χ3v) is 5.63. The lowest BCUT2D eigenvalue weighted by Gasteiger charge is -2.29. The fourth-order valence-electron chi connectivity index (χ4n) is 3.99. The molecule has 3 aromatic rings. The number of hydrogen-bond acceptors (Lipinski definition) is 4. The van der Waals surface area contributed by atoms with Crippen LogP contribution >= 0.6 is 0 Å². The maximum Gasteiger partial charge on any atom is 0.194 e. The number of fused-ring (bicyclic) bond motifs is 1. The summed E-state index contributed by atoms with van der Waals surface area (Å²) in [5, 5.41) is 4.44. The zero-order valence-electron chi connectivity index (χ0n) is 16.0. The average Bonchev–Trinajstić information content (AvgIpc) is 3.09. The van der Waals surface area contributed by atoms with Crippen molar-refractivity contribution in [1.29, 1.82) is 0 Å². The fourth-order valence-corrected chi connectivity index (χ4v) is 3.99. The Morgan fingerprint density at radius 1 is 1.14 bits per heavy atom. The predicted molar refractivity (Wildman–Crippen MR) is 103 cm³/mol. The summed E-state index contributed by atoms with van der Waals surface area (Å²) in [5.74, 6) is -3.64. The zero-order chi connectivity index (χ0) is 20.5. The molecule has 2 heterocycles. The normalized spacial score (nSPS) is 19.4. The highest BCUT2D eigenvalue weighted by Crippen LogP contribution is 2.31. The number of anilines is 1. The molecule has 0 saturated heterocycles. The first kappa shape index (κ1) is 19.4. The molecule has 1 saturated carbocycles. The van der Waals surface area contributed by atoms with E-state index >= 15 is 0 Å². The second kappa shape index (κ2) is 7.85. The number of benzene rings is 1. The number of carbonyl (C=O) groups is 1. The van der Waals surface area contributed by atoms with E-state index in [0.29, 0.717) is 0 Å². The molecule has 8 heteroatoms. The third kappa shape index (κ3) is 3.97. The zero-order valence-corrected chi connectivity index (χ0v) is 16.0. The number of ketones is 1. The molecule has 0 unspecified atom stereocenters. The molecule has 152 valence electrons. The number of Topliss-reactive ketones (excluding diaryl/α,β-unsaturated/α-hetero) is 1. The Kier molecular flexibility index (Phi) is 5.25. The van der Waals surface area contributed by atoms with Gasteiger partial charge < -0.3 is 9.88 Å². The number of hydrogen-bond donors (Lipinski definition) is 1. The van der Waals surface area contributed by atoms with Gasteiger partial charge in [-0.1, -0.05) is 0 Å². The maximum atomic E-state index is 13.4. The van der Waals surface area contributed by atoms with Crippen LogP contribution in [0.15, 0.2) is 30.7 Å². The van der Waals surface area contributed by atoms with Crippen LogP contribution in [-0.2, 0) is 7.05 Å². The average molecular weight is 402 g/mol. The molecule has 0 radical (unpaired) electrons. The van der Waals surface area contributed by atoms with Crippen molar-refractivity contribution in [2.24, 2.45) is 13.0 Å². The number of nitrogens with one attached hydrogen (secondary N) is 1. The lowest BCUT2D eigenvalue weighted by atomic mass is 9.82. The number of aromatic nitrogens is 3. The largest absolute Gasteiger partial charge is 0.367 e. The van der Waals surface area contributed by atoms with Crippen LogP contribution in [0, 0.1) is 23.4 Å². The molecule has 1 N–H and O–H groups in total. The van der Waals surface area contributed by atoms with Crippen molar-refractivity contribution >= 4 is 22.6 Å². The maximum absolute atomic E-state index is 13.4. The van der Waals surface area contributed by atoms with E-state index in [1.54, 1.807) is 0 Å². The van der Waals surface area contributed by atoms with Crippen LogP contribution in [0.3, 0.4) is 0 Å². The summed E-state index contributed by atoms with van der Waals surface area (Å²) in [6.45, 7) is 0. The van der Waals surface area contributed by atoms with Gasteiger partial charge in [0.1, 0.15) is 17.8 Å². The van der Waals surface area contributed by atoms with Gasteiger partial charge in [0.25, 0.3) is 0 Å². The topological polar surface area (TPSA) is 59.8 Å². The summed E-state index contributed by atoms with van der Waals surface area (Å²) >= 11 is 0. The van der Waals surface area contributed by atoms with Crippen LogP contribution in [0.4, 0.5) is 19.0 Å². The number of rotatable bonds is 5. The van der Waals surface area contributed by atoms with Gasteiger partial charge in [0.2, 0.25) is 0 Å². The first-order valence-corrected chi connectivity index (χ1v) is 9.62. The van der Waals surface area contributed by atoms with Crippen molar-refractivity contribution in [2.45, 2.75) is 38.1 Å². The Morgan fingerprint density at radius 2 is 1.83 bits per heavy atom. The van der Waals surface area contributed by atoms with E-state index < -0.39 is 17.5 Å². The van der Waals surface area contributed by atoms with Gasteiger partial charge in [0.15, 0.2) is 23.2 Å². The summed E-state index contributed by atoms with van der Waals surface area (Å²) in [4.78, 5) is 21.0. The highest BCUT2D eigenvalue weighted by Gasteiger charge is 2.25. The molecule has 29 heavy (non-hydrogen) atoms. The Morgan fingerprint density at radius 3 is 2.52 bits per heavy atom. The molecule has 0 spiro atoms. The van der Waals surface area contributed by atoms with Crippen LogP contribution in [-0.4, -0.2) is 26.4 Å². The molecule has 0 atom stereocenters. The molecule has 1 aliphatic rings. The number of aryl methyl sites for hydroxylation is 1. The first-order chi connectivity index (χ1) is 13.9. The smallest absolute Gasteiger partial charge is 0.194 e. The van der Waals surface area contributed by atoms with Crippen LogP contribution < -0.4 is 5.32 Å². The molecule has 4 rings (SSSR count). The van der Waals surface area contributed by atoms with E-state index in [2.05, 4.69) is 15.3 Å². The summed E-state index contributed by atoms with van der Waals surface area (Å²) < 4.78 is 41.7. The Balaban J connectivity index is 1.35. The number of halogens is 3. The SMILES string of the molecule is Cn1ccc2c(NC3CCC(CC(=O)c4cc(F)c(F)c(F)c4)CC3)ncnc21. The minimum atomic E-state index is -1.55. The molecule has 1 aromatic carbocycles. The summed E-state index contributed by atoms with van der Waals surface area (Å²) in [6.07, 6.45) is 7.04. The van der Waals surface area contributed by atoms with Crippen molar-refractivity contribution in [1.82, 2.24) is 14.5 Å². The van der Waals surface area contributed by atoms with Crippen LogP contribution in [0.5, 0.6) is 0 Å². The monoisotopic (exact) mass is 402 g/mol. The van der Waals surface area contributed by atoms with E-state index in [0.717, 1.165) is 54.7 Å². The predicted octanol–water partition coefficient (Wildman–Crippen LogP) is 4.63. The molecule has 0 aliphatic heterocycles.